The molecule has 0 radical (unpaired) electrons. The molecule has 1 saturated carbocycles. The third-order valence-corrected chi connectivity index (χ3v) is 4.55. The fourth-order valence-corrected chi connectivity index (χ4v) is 3.24. The monoisotopic (exact) mass is 392 g/mol. The van der Waals surface area contributed by atoms with Gasteiger partial charge in [0.1, 0.15) is 11.4 Å². The first-order valence-electron chi connectivity index (χ1n) is 8.40. The summed E-state index contributed by atoms with van der Waals surface area (Å²) >= 11 is 5.71. The molecule has 1 aromatic heterocycles. The van der Waals surface area contributed by atoms with Crippen LogP contribution in [0.4, 0.5) is 11.5 Å². The summed E-state index contributed by atoms with van der Waals surface area (Å²) in [5, 5.41) is 18.1. The SMILES string of the molecule is O=C(COC(=O)c1ccc(Cl)cc1[N+](=O)[O-])Nc1ccnn1C1CCCC1. The molecule has 1 N–H and O–H groups in total. The van der Waals surface area contributed by atoms with Gasteiger partial charge in [-0.25, -0.2) is 9.48 Å². The van der Waals surface area contributed by atoms with Gasteiger partial charge in [-0.3, -0.25) is 14.9 Å². The van der Waals surface area contributed by atoms with Crippen molar-refractivity contribution in [3.8, 4) is 0 Å². The summed E-state index contributed by atoms with van der Waals surface area (Å²) in [6, 6.07) is 5.50. The summed E-state index contributed by atoms with van der Waals surface area (Å²) in [4.78, 5) is 34.5. The van der Waals surface area contributed by atoms with Crippen molar-refractivity contribution in [3.05, 3.63) is 51.2 Å². The minimum absolute atomic E-state index is 0.121. The third kappa shape index (κ3) is 4.43. The van der Waals surface area contributed by atoms with Crippen molar-refractivity contribution in [1.82, 2.24) is 9.78 Å². The van der Waals surface area contributed by atoms with Crippen molar-refractivity contribution in [2.45, 2.75) is 31.7 Å². The number of carbonyl (C=O) groups excluding carboxylic acids is 2. The van der Waals surface area contributed by atoms with E-state index in [0.29, 0.717) is 5.82 Å². The zero-order chi connectivity index (χ0) is 19.4. The molecule has 1 aliphatic carbocycles. The van der Waals surface area contributed by atoms with Crippen molar-refractivity contribution in [3.63, 3.8) is 0 Å². The number of carbonyl (C=O) groups is 2. The number of hydrogen-bond acceptors (Lipinski definition) is 6. The van der Waals surface area contributed by atoms with Crippen LogP contribution in [0, 0.1) is 10.1 Å². The molecule has 0 spiro atoms. The minimum Gasteiger partial charge on any atom is -0.452 e. The summed E-state index contributed by atoms with van der Waals surface area (Å²) in [5.74, 6) is -1.00. The van der Waals surface area contributed by atoms with Gasteiger partial charge in [0.05, 0.1) is 17.2 Å². The highest BCUT2D eigenvalue weighted by Gasteiger charge is 2.23. The van der Waals surface area contributed by atoms with E-state index < -0.39 is 29.1 Å². The quantitative estimate of drug-likeness (QED) is 0.457. The zero-order valence-electron chi connectivity index (χ0n) is 14.3. The lowest BCUT2D eigenvalue weighted by Gasteiger charge is -2.14. The van der Waals surface area contributed by atoms with Crippen LogP contribution >= 0.6 is 11.6 Å². The lowest BCUT2D eigenvalue weighted by molar-refractivity contribution is -0.385. The van der Waals surface area contributed by atoms with E-state index in [-0.39, 0.29) is 16.6 Å². The van der Waals surface area contributed by atoms with Crippen LogP contribution in [0.25, 0.3) is 0 Å². The van der Waals surface area contributed by atoms with Gasteiger partial charge in [-0.2, -0.15) is 5.10 Å². The van der Waals surface area contributed by atoms with Gasteiger partial charge in [0.2, 0.25) is 0 Å². The Balaban J connectivity index is 1.61. The van der Waals surface area contributed by atoms with Gasteiger partial charge >= 0.3 is 5.97 Å². The number of halogens is 1. The first kappa shape index (κ1) is 18.8. The highest BCUT2D eigenvalue weighted by Crippen LogP contribution is 2.31. The second kappa shape index (κ2) is 8.17. The van der Waals surface area contributed by atoms with Crippen molar-refractivity contribution >= 4 is 35.0 Å². The zero-order valence-corrected chi connectivity index (χ0v) is 15.0. The van der Waals surface area contributed by atoms with E-state index in [2.05, 4.69) is 10.4 Å². The van der Waals surface area contributed by atoms with Gasteiger partial charge in [-0.1, -0.05) is 24.4 Å². The predicted octanol–water partition coefficient (Wildman–Crippen LogP) is 3.36. The molecule has 1 amide bonds. The van der Waals surface area contributed by atoms with Gasteiger partial charge in [0.15, 0.2) is 6.61 Å². The van der Waals surface area contributed by atoms with E-state index in [1.807, 2.05) is 0 Å². The average molecular weight is 393 g/mol. The van der Waals surface area contributed by atoms with Gasteiger partial charge in [0, 0.05) is 17.2 Å². The van der Waals surface area contributed by atoms with Crippen LogP contribution < -0.4 is 5.32 Å². The molecule has 0 bridgehead atoms. The van der Waals surface area contributed by atoms with Crippen LogP contribution in [-0.2, 0) is 9.53 Å². The van der Waals surface area contributed by atoms with Crippen LogP contribution in [0.2, 0.25) is 5.02 Å². The number of nitrogens with one attached hydrogen (secondary N) is 1. The molecule has 0 atom stereocenters. The van der Waals surface area contributed by atoms with Gasteiger partial charge in [-0.05, 0) is 25.0 Å². The number of benzene rings is 1. The number of nitrogens with zero attached hydrogens (tertiary/aromatic N) is 3. The number of nitro groups is 1. The van der Waals surface area contributed by atoms with Crippen molar-refractivity contribution in [2.24, 2.45) is 0 Å². The number of aromatic nitrogens is 2. The van der Waals surface area contributed by atoms with Gasteiger partial charge < -0.3 is 10.1 Å². The molecule has 1 aromatic carbocycles. The molecule has 27 heavy (non-hydrogen) atoms. The molecule has 0 saturated heterocycles. The van der Waals surface area contributed by atoms with Crippen LogP contribution in [0.3, 0.4) is 0 Å². The molecule has 1 fully saturated rings. The second-order valence-corrected chi connectivity index (χ2v) is 6.58. The van der Waals surface area contributed by atoms with Crippen molar-refractivity contribution < 1.29 is 19.2 Å². The number of ether oxygens (including phenoxy) is 1. The largest absolute Gasteiger partial charge is 0.452 e. The summed E-state index contributed by atoms with van der Waals surface area (Å²) in [5.41, 5.74) is -0.750. The lowest BCUT2D eigenvalue weighted by Crippen LogP contribution is -2.23. The number of nitro benzene ring substituents is 1. The maximum Gasteiger partial charge on any atom is 0.345 e. The van der Waals surface area contributed by atoms with Crippen LogP contribution in [0.1, 0.15) is 42.1 Å². The summed E-state index contributed by atoms with van der Waals surface area (Å²) < 4.78 is 6.67. The van der Waals surface area contributed by atoms with Crippen LogP contribution in [-0.4, -0.2) is 33.2 Å². The van der Waals surface area contributed by atoms with E-state index in [1.54, 1.807) is 16.9 Å². The Morgan fingerprint density at radius 3 is 2.78 bits per heavy atom. The Bertz CT molecular complexity index is 876. The fourth-order valence-electron chi connectivity index (χ4n) is 3.07. The highest BCUT2D eigenvalue weighted by molar-refractivity contribution is 6.31. The molecule has 9 nitrogen and oxygen atoms in total. The molecule has 0 unspecified atom stereocenters. The minimum atomic E-state index is -0.974. The Hall–Kier alpha value is -2.94. The Labute approximate surface area is 159 Å². The maximum atomic E-state index is 12.1. The van der Waals surface area contributed by atoms with E-state index in [1.165, 1.54) is 12.1 Å². The lowest BCUT2D eigenvalue weighted by atomic mass is 10.2. The molecule has 3 rings (SSSR count). The maximum absolute atomic E-state index is 12.1. The Kier molecular flexibility index (Phi) is 5.70. The molecule has 1 heterocycles. The van der Waals surface area contributed by atoms with Crippen LogP contribution in [0.5, 0.6) is 0 Å². The summed E-state index contributed by atoms with van der Waals surface area (Å²) in [6.45, 7) is -0.575. The van der Waals surface area contributed by atoms with E-state index in [4.69, 9.17) is 16.3 Å². The molecule has 2 aromatic rings. The number of hydrogen-bond donors (Lipinski definition) is 1. The molecular formula is C17H17ClN4O5. The molecule has 0 aliphatic heterocycles. The standard InChI is InChI=1S/C17H17ClN4O5/c18-11-5-6-13(14(9-11)22(25)26)17(24)27-10-16(23)20-15-7-8-19-21(15)12-3-1-2-4-12/h5-9,12H,1-4,10H2,(H,20,23). The molecule has 142 valence electrons. The fraction of sp³-hybridized carbons (Fsp3) is 0.353. The van der Waals surface area contributed by atoms with Gasteiger partial charge in [0.25, 0.3) is 11.6 Å². The first-order chi connectivity index (χ1) is 13.0. The van der Waals surface area contributed by atoms with E-state index in [0.717, 1.165) is 31.7 Å². The van der Waals surface area contributed by atoms with E-state index >= 15 is 0 Å². The molecule has 1 aliphatic rings. The average Bonchev–Trinajstić information content (AvgIpc) is 3.30. The Morgan fingerprint density at radius 2 is 2.07 bits per heavy atom. The van der Waals surface area contributed by atoms with Crippen molar-refractivity contribution in [1.29, 1.82) is 0 Å². The number of amides is 1. The van der Waals surface area contributed by atoms with Crippen molar-refractivity contribution in [2.75, 3.05) is 11.9 Å². The second-order valence-electron chi connectivity index (χ2n) is 6.14. The summed E-state index contributed by atoms with van der Waals surface area (Å²) in [7, 11) is 0. The number of rotatable bonds is 6. The first-order valence-corrected chi connectivity index (χ1v) is 8.78. The number of esters is 1. The van der Waals surface area contributed by atoms with E-state index in [9.17, 15) is 19.7 Å². The third-order valence-electron chi connectivity index (χ3n) is 4.32. The topological polar surface area (TPSA) is 116 Å². The molecular weight excluding hydrogens is 376 g/mol. The summed E-state index contributed by atoms with van der Waals surface area (Å²) in [6.07, 6.45) is 5.83. The smallest absolute Gasteiger partial charge is 0.345 e. The van der Waals surface area contributed by atoms with Gasteiger partial charge in [-0.15, -0.1) is 0 Å². The van der Waals surface area contributed by atoms with Crippen LogP contribution in [0.15, 0.2) is 30.5 Å². The highest BCUT2D eigenvalue weighted by atomic mass is 35.5. The number of anilines is 1. The predicted molar refractivity (Wildman–Crippen MR) is 96.8 cm³/mol. The Morgan fingerprint density at radius 1 is 1.33 bits per heavy atom. The molecule has 10 heteroatoms. The normalized spacial score (nSPS) is 14.1.